The quantitative estimate of drug-likeness (QED) is 0.841. The summed E-state index contributed by atoms with van der Waals surface area (Å²) in [5.74, 6) is 0. The van der Waals surface area contributed by atoms with E-state index in [1.165, 1.54) is 0 Å². The molecule has 2 fully saturated rings. The molecule has 2 heterocycles. The summed E-state index contributed by atoms with van der Waals surface area (Å²) in [5.41, 5.74) is 2.05. The molecule has 26 heavy (non-hydrogen) atoms. The third-order valence-electron chi connectivity index (χ3n) is 5.07. The molecule has 0 unspecified atom stereocenters. The number of ether oxygens (including phenoxy) is 5. The van der Waals surface area contributed by atoms with E-state index in [0.29, 0.717) is 6.61 Å². The molecule has 2 aliphatic heterocycles. The van der Waals surface area contributed by atoms with Crippen LogP contribution in [0.5, 0.6) is 0 Å². The zero-order valence-electron chi connectivity index (χ0n) is 15.0. The van der Waals surface area contributed by atoms with E-state index in [0.717, 1.165) is 11.1 Å². The van der Waals surface area contributed by atoms with Gasteiger partial charge >= 0.3 is 0 Å². The molecule has 138 valence electrons. The Balaban J connectivity index is 1.59. The van der Waals surface area contributed by atoms with Gasteiger partial charge in [-0.25, -0.2) is 0 Å². The minimum atomic E-state index is -0.426. The van der Waals surface area contributed by atoms with Crippen LogP contribution in [0.2, 0.25) is 0 Å². The smallest absolute Gasteiger partial charge is 0.184 e. The second-order valence-corrected chi connectivity index (χ2v) is 6.58. The SMILES string of the molecule is CO[C@@H]1[C@H](OC)[C@@H](c2ccccc2)O[C@@H]2CO[C@H](c3ccccc3)O[C@@H]12. The van der Waals surface area contributed by atoms with Crippen LogP contribution in [0.25, 0.3) is 0 Å². The molecule has 0 bridgehead atoms. The lowest BCUT2D eigenvalue weighted by Gasteiger charge is -2.48. The molecule has 0 aromatic heterocycles. The predicted molar refractivity (Wildman–Crippen MR) is 95.7 cm³/mol. The minimum Gasteiger partial charge on any atom is -0.376 e. The summed E-state index contributed by atoms with van der Waals surface area (Å²) < 4.78 is 30.1. The van der Waals surface area contributed by atoms with E-state index in [1.807, 2.05) is 60.7 Å². The molecule has 0 amide bonds. The zero-order chi connectivity index (χ0) is 17.9. The standard InChI is InChI=1S/C21H24O5/c1-22-19-17(14-9-5-3-6-10-14)25-16-13-24-21(15-11-7-4-8-12-15)26-18(16)20(19)23-2/h3-12,16-21H,13H2,1-2H3/t16-,17-,18-,19-,20+,21+/m1/s1. The van der Waals surface area contributed by atoms with Crippen LogP contribution in [0.3, 0.4) is 0 Å². The van der Waals surface area contributed by atoms with Gasteiger partial charge in [0.15, 0.2) is 6.29 Å². The third kappa shape index (κ3) is 3.29. The molecule has 4 rings (SSSR count). The van der Waals surface area contributed by atoms with E-state index in [4.69, 9.17) is 23.7 Å². The Morgan fingerprint density at radius 1 is 0.769 bits per heavy atom. The van der Waals surface area contributed by atoms with Crippen LogP contribution in [0.15, 0.2) is 60.7 Å². The second kappa shape index (κ2) is 7.86. The maximum Gasteiger partial charge on any atom is 0.184 e. The summed E-state index contributed by atoms with van der Waals surface area (Å²) in [6, 6.07) is 20.0. The number of fused-ring (bicyclic) bond motifs is 1. The molecule has 0 aliphatic carbocycles. The van der Waals surface area contributed by atoms with Crippen molar-refractivity contribution >= 4 is 0 Å². The first-order chi connectivity index (χ1) is 12.8. The van der Waals surface area contributed by atoms with Gasteiger partial charge in [0.1, 0.15) is 30.5 Å². The van der Waals surface area contributed by atoms with E-state index in [-0.39, 0.29) is 30.5 Å². The van der Waals surface area contributed by atoms with Gasteiger partial charge in [-0.1, -0.05) is 60.7 Å². The van der Waals surface area contributed by atoms with Crippen molar-refractivity contribution in [2.24, 2.45) is 0 Å². The first-order valence-corrected chi connectivity index (χ1v) is 8.90. The summed E-state index contributed by atoms with van der Waals surface area (Å²) in [7, 11) is 3.38. The van der Waals surface area contributed by atoms with E-state index in [1.54, 1.807) is 14.2 Å². The molecule has 0 radical (unpaired) electrons. The average molecular weight is 356 g/mol. The van der Waals surface area contributed by atoms with Crippen molar-refractivity contribution < 1.29 is 23.7 Å². The summed E-state index contributed by atoms with van der Waals surface area (Å²) in [6.45, 7) is 0.448. The predicted octanol–water partition coefficient (Wildman–Crippen LogP) is 3.27. The van der Waals surface area contributed by atoms with Gasteiger partial charge in [-0.2, -0.15) is 0 Å². The first kappa shape index (κ1) is 17.6. The monoisotopic (exact) mass is 356 g/mol. The Morgan fingerprint density at radius 2 is 1.38 bits per heavy atom. The number of hydrogen-bond donors (Lipinski definition) is 0. The summed E-state index contributed by atoms with van der Waals surface area (Å²) in [6.07, 6.45) is -1.64. The summed E-state index contributed by atoms with van der Waals surface area (Å²) in [4.78, 5) is 0. The maximum atomic E-state index is 6.34. The lowest BCUT2D eigenvalue weighted by atomic mass is 9.90. The Labute approximate surface area is 153 Å². The Bertz CT molecular complexity index is 692. The number of benzene rings is 2. The highest BCUT2D eigenvalue weighted by atomic mass is 16.7. The van der Waals surface area contributed by atoms with Crippen LogP contribution >= 0.6 is 0 Å². The number of methoxy groups -OCH3 is 2. The maximum absolute atomic E-state index is 6.34. The van der Waals surface area contributed by atoms with Gasteiger partial charge in [0.25, 0.3) is 0 Å². The highest BCUT2D eigenvalue weighted by Gasteiger charge is 2.50. The van der Waals surface area contributed by atoms with Crippen molar-refractivity contribution in [3.63, 3.8) is 0 Å². The van der Waals surface area contributed by atoms with E-state index in [2.05, 4.69) is 0 Å². The molecule has 0 N–H and O–H groups in total. The van der Waals surface area contributed by atoms with Gasteiger partial charge in [-0.15, -0.1) is 0 Å². The lowest BCUT2D eigenvalue weighted by molar-refractivity contribution is -0.334. The van der Waals surface area contributed by atoms with Gasteiger partial charge in [-0.05, 0) is 5.56 Å². The van der Waals surface area contributed by atoms with Crippen molar-refractivity contribution in [3.05, 3.63) is 71.8 Å². The summed E-state index contributed by atoms with van der Waals surface area (Å²) in [5, 5.41) is 0. The van der Waals surface area contributed by atoms with Crippen molar-refractivity contribution in [2.45, 2.75) is 36.8 Å². The molecular weight excluding hydrogens is 332 g/mol. The van der Waals surface area contributed by atoms with Crippen molar-refractivity contribution in [1.82, 2.24) is 0 Å². The molecule has 2 saturated heterocycles. The molecule has 2 aliphatic rings. The molecular formula is C21H24O5. The molecule has 6 atom stereocenters. The molecule has 5 heteroatoms. The highest BCUT2D eigenvalue weighted by Crippen LogP contribution is 2.40. The molecule has 2 aromatic rings. The topological polar surface area (TPSA) is 46.2 Å². The fourth-order valence-corrected chi connectivity index (χ4v) is 3.80. The Morgan fingerprint density at radius 3 is 2.00 bits per heavy atom. The van der Waals surface area contributed by atoms with Gasteiger partial charge in [-0.3, -0.25) is 0 Å². The van der Waals surface area contributed by atoms with Crippen LogP contribution in [0, 0.1) is 0 Å². The fourth-order valence-electron chi connectivity index (χ4n) is 3.80. The van der Waals surface area contributed by atoms with E-state index in [9.17, 15) is 0 Å². The molecule has 0 saturated carbocycles. The normalized spacial score (nSPS) is 34.2. The minimum absolute atomic E-state index is 0.212. The highest BCUT2D eigenvalue weighted by molar-refractivity contribution is 5.21. The van der Waals surface area contributed by atoms with Crippen LogP contribution in [-0.2, 0) is 23.7 Å². The lowest BCUT2D eigenvalue weighted by Crippen LogP contribution is -2.60. The molecule has 5 nitrogen and oxygen atoms in total. The second-order valence-electron chi connectivity index (χ2n) is 6.58. The third-order valence-corrected chi connectivity index (χ3v) is 5.07. The van der Waals surface area contributed by atoms with E-state index >= 15 is 0 Å². The fraction of sp³-hybridized carbons (Fsp3) is 0.429. The zero-order valence-corrected chi connectivity index (χ0v) is 15.0. The Kier molecular flexibility index (Phi) is 5.33. The average Bonchev–Trinajstić information content (AvgIpc) is 2.73. The van der Waals surface area contributed by atoms with Crippen LogP contribution < -0.4 is 0 Å². The molecule has 0 spiro atoms. The largest absolute Gasteiger partial charge is 0.376 e. The number of rotatable bonds is 4. The van der Waals surface area contributed by atoms with Crippen LogP contribution in [0.4, 0.5) is 0 Å². The number of hydrogen-bond acceptors (Lipinski definition) is 5. The van der Waals surface area contributed by atoms with Crippen LogP contribution in [-0.4, -0.2) is 45.2 Å². The van der Waals surface area contributed by atoms with Crippen molar-refractivity contribution in [3.8, 4) is 0 Å². The van der Waals surface area contributed by atoms with Gasteiger partial charge in [0.2, 0.25) is 0 Å². The van der Waals surface area contributed by atoms with E-state index < -0.39 is 6.29 Å². The van der Waals surface area contributed by atoms with Crippen molar-refractivity contribution in [1.29, 1.82) is 0 Å². The van der Waals surface area contributed by atoms with Gasteiger partial charge in [0.05, 0.1) is 6.61 Å². The van der Waals surface area contributed by atoms with Crippen LogP contribution in [0.1, 0.15) is 23.5 Å². The Hall–Kier alpha value is -1.76. The summed E-state index contributed by atoms with van der Waals surface area (Å²) >= 11 is 0. The van der Waals surface area contributed by atoms with Crippen molar-refractivity contribution in [2.75, 3.05) is 20.8 Å². The van der Waals surface area contributed by atoms with Gasteiger partial charge in [0, 0.05) is 19.8 Å². The van der Waals surface area contributed by atoms with Gasteiger partial charge < -0.3 is 23.7 Å². The first-order valence-electron chi connectivity index (χ1n) is 8.90. The molecule has 2 aromatic carbocycles.